The quantitative estimate of drug-likeness (QED) is 0.736. The monoisotopic (exact) mass is 421 g/mol. The molecule has 0 saturated carbocycles. The fourth-order valence-electron chi connectivity index (χ4n) is 4.59. The molecule has 2 fully saturated rings. The van der Waals surface area contributed by atoms with Crippen molar-refractivity contribution in [2.24, 2.45) is 0 Å². The van der Waals surface area contributed by atoms with Crippen molar-refractivity contribution in [3.05, 3.63) is 20.8 Å². The average molecular weight is 422 g/mol. The van der Waals surface area contributed by atoms with Crippen LogP contribution < -0.4 is 21.9 Å². The van der Waals surface area contributed by atoms with Gasteiger partial charge in [0.15, 0.2) is 0 Å². The summed E-state index contributed by atoms with van der Waals surface area (Å²) in [6.07, 6.45) is 4.61. The highest BCUT2D eigenvalue weighted by molar-refractivity contribution is 5.77. The van der Waals surface area contributed by atoms with Crippen LogP contribution in [0.1, 0.15) is 52.9 Å². The molecule has 2 atom stereocenters. The number of nitrogens with zero attached hydrogens (tertiary/aromatic N) is 4. The van der Waals surface area contributed by atoms with E-state index in [0.29, 0.717) is 38.5 Å². The number of hydrogen-bond donors (Lipinski definition) is 1. The lowest BCUT2D eigenvalue weighted by Gasteiger charge is -2.39. The van der Waals surface area contributed by atoms with Crippen molar-refractivity contribution in [2.45, 2.75) is 78.0 Å². The Morgan fingerprint density at radius 3 is 2.33 bits per heavy atom. The Labute approximate surface area is 177 Å². The fourth-order valence-corrected chi connectivity index (χ4v) is 4.59. The average Bonchev–Trinajstić information content (AvgIpc) is 2.72. The molecule has 0 unspecified atom stereocenters. The lowest BCUT2D eigenvalue weighted by Crippen LogP contribution is -2.52. The Kier molecular flexibility index (Phi) is 7.23. The Hall–Kier alpha value is -2.29. The molecule has 0 aromatic carbocycles. The van der Waals surface area contributed by atoms with Gasteiger partial charge in [-0.15, -0.1) is 0 Å². The topological polar surface area (TPSA) is 103 Å². The maximum Gasteiger partial charge on any atom is 0.333 e. The van der Waals surface area contributed by atoms with Gasteiger partial charge in [0.1, 0.15) is 18.1 Å². The number of unbranched alkanes of at least 4 members (excludes halogenated alkanes) is 1. The highest BCUT2D eigenvalue weighted by Crippen LogP contribution is 2.23. The van der Waals surface area contributed by atoms with Gasteiger partial charge in [0.2, 0.25) is 5.91 Å². The molecule has 168 valence electrons. The van der Waals surface area contributed by atoms with Crippen molar-refractivity contribution >= 4 is 17.4 Å². The van der Waals surface area contributed by atoms with E-state index in [9.17, 15) is 14.4 Å². The normalized spacial score (nSPS) is 22.4. The Morgan fingerprint density at radius 2 is 1.73 bits per heavy atom. The molecule has 30 heavy (non-hydrogen) atoms. The summed E-state index contributed by atoms with van der Waals surface area (Å²) in [6.45, 7) is 8.29. The first kappa shape index (κ1) is 22.4. The Morgan fingerprint density at radius 1 is 1.10 bits per heavy atom. The molecular weight excluding hydrogens is 386 g/mol. The summed E-state index contributed by atoms with van der Waals surface area (Å²) in [5.41, 5.74) is 5.63. The van der Waals surface area contributed by atoms with E-state index in [1.807, 2.05) is 30.6 Å². The summed E-state index contributed by atoms with van der Waals surface area (Å²) >= 11 is 0. The van der Waals surface area contributed by atoms with Gasteiger partial charge in [-0.25, -0.2) is 9.36 Å². The molecule has 0 spiro atoms. The molecule has 3 heterocycles. The zero-order valence-electron chi connectivity index (χ0n) is 18.4. The Bertz CT molecular complexity index is 861. The summed E-state index contributed by atoms with van der Waals surface area (Å²) in [5, 5.41) is 0. The number of rotatable bonds is 6. The zero-order valence-corrected chi connectivity index (χ0v) is 18.4. The summed E-state index contributed by atoms with van der Waals surface area (Å²) in [4.78, 5) is 43.3. The smallest absolute Gasteiger partial charge is 0.333 e. The van der Waals surface area contributed by atoms with Crippen LogP contribution in [0.4, 0.5) is 11.5 Å². The van der Waals surface area contributed by atoms with Crippen molar-refractivity contribution in [3.8, 4) is 0 Å². The lowest BCUT2D eigenvalue weighted by atomic mass is 9.97. The van der Waals surface area contributed by atoms with Gasteiger partial charge in [0, 0.05) is 31.7 Å². The fraction of sp³-hybridized carbons (Fsp3) is 0.762. The second kappa shape index (κ2) is 9.68. The van der Waals surface area contributed by atoms with Crippen LogP contribution in [0.5, 0.6) is 0 Å². The SMILES string of the molecule is CCCCn1c(N)c(N2CCOCC2)c(=O)n(CC(=O)N2[C@@H](C)CCC[C@@H]2C)c1=O. The van der Waals surface area contributed by atoms with E-state index in [2.05, 4.69) is 0 Å². The first-order chi connectivity index (χ1) is 14.4. The van der Waals surface area contributed by atoms with Crippen LogP contribution in [-0.2, 0) is 22.6 Å². The van der Waals surface area contributed by atoms with Crippen molar-refractivity contribution < 1.29 is 9.53 Å². The summed E-state index contributed by atoms with van der Waals surface area (Å²) in [5.74, 6) is -0.00241. The summed E-state index contributed by atoms with van der Waals surface area (Å²) in [6, 6.07) is 0.207. The molecule has 1 aromatic heterocycles. The number of carbonyl (C=O) groups excluding carboxylic acids is 1. The number of likely N-dealkylation sites (tertiary alicyclic amines) is 1. The minimum absolute atomic E-state index is 0.103. The third-order valence-electron chi connectivity index (χ3n) is 6.28. The highest BCUT2D eigenvalue weighted by Gasteiger charge is 2.31. The minimum Gasteiger partial charge on any atom is -0.383 e. The molecule has 9 nitrogen and oxygen atoms in total. The van der Waals surface area contributed by atoms with Gasteiger partial charge in [-0.1, -0.05) is 13.3 Å². The van der Waals surface area contributed by atoms with E-state index in [4.69, 9.17) is 10.5 Å². The zero-order chi connectivity index (χ0) is 21.8. The van der Waals surface area contributed by atoms with Crippen LogP contribution in [0, 0.1) is 0 Å². The van der Waals surface area contributed by atoms with E-state index in [-0.39, 0.29) is 30.4 Å². The molecule has 2 saturated heterocycles. The third-order valence-corrected chi connectivity index (χ3v) is 6.28. The second-order valence-corrected chi connectivity index (χ2v) is 8.44. The number of nitrogen functional groups attached to an aromatic ring is 1. The molecule has 1 aromatic rings. The Balaban J connectivity index is 2.02. The number of nitrogens with two attached hydrogens (primary N) is 1. The number of hydrogen-bond acceptors (Lipinski definition) is 6. The van der Waals surface area contributed by atoms with Gasteiger partial charge in [0.05, 0.1) is 13.2 Å². The molecule has 9 heteroatoms. The van der Waals surface area contributed by atoms with E-state index in [1.165, 1.54) is 4.57 Å². The van der Waals surface area contributed by atoms with Gasteiger partial charge in [-0.3, -0.25) is 14.2 Å². The number of carbonyl (C=O) groups is 1. The van der Waals surface area contributed by atoms with Crippen molar-refractivity contribution in [3.63, 3.8) is 0 Å². The van der Waals surface area contributed by atoms with Crippen LogP contribution in [0.3, 0.4) is 0 Å². The van der Waals surface area contributed by atoms with Crippen LogP contribution >= 0.6 is 0 Å². The van der Waals surface area contributed by atoms with E-state index >= 15 is 0 Å². The number of ether oxygens (including phenoxy) is 1. The van der Waals surface area contributed by atoms with Gasteiger partial charge in [0.25, 0.3) is 5.56 Å². The van der Waals surface area contributed by atoms with E-state index in [1.54, 1.807) is 0 Å². The van der Waals surface area contributed by atoms with Crippen molar-refractivity contribution in [2.75, 3.05) is 36.9 Å². The minimum atomic E-state index is -0.506. The van der Waals surface area contributed by atoms with Crippen molar-refractivity contribution in [1.29, 1.82) is 0 Å². The number of aromatic nitrogens is 2. The third kappa shape index (κ3) is 4.40. The van der Waals surface area contributed by atoms with Crippen LogP contribution in [0.25, 0.3) is 0 Å². The molecule has 0 radical (unpaired) electrons. The van der Waals surface area contributed by atoms with Crippen LogP contribution in [0.15, 0.2) is 9.59 Å². The highest BCUT2D eigenvalue weighted by atomic mass is 16.5. The molecule has 0 aliphatic carbocycles. The number of morpholine rings is 1. The maximum absolute atomic E-state index is 13.3. The van der Waals surface area contributed by atoms with Gasteiger partial charge in [-0.05, 0) is 39.5 Å². The molecular formula is C21H35N5O4. The van der Waals surface area contributed by atoms with Crippen LogP contribution in [0.2, 0.25) is 0 Å². The van der Waals surface area contributed by atoms with Crippen molar-refractivity contribution in [1.82, 2.24) is 14.0 Å². The van der Waals surface area contributed by atoms with E-state index < -0.39 is 11.2 Å². The first-order valence-electron chi connectivity index (χ1n) is 11.1. The molecule has 2 aliphatic rings. The standard InChI is InChI=1S/C21H35N5O4/c1-4-5-9-24-19(22)18(23-10-12-30-13-11-23)20(28)25(21(24)29)14-17(27)26-15(2)7-6-8-16(26)3/h15-16H,4-14,22H2,1-3H3/t15-,16-/m0/s1. The molecule has 0 bridgehead atoms. The summed E-state index contributed by atoms with van der Waals surface area (Å²) < 4.78 is 7.92. The molecule has 1 amide bonds. The maximum atomic E-state index is 13.3. The van der Waals surface area contributed by atoms with Gasteiger partial charge < -0.3 is 20.3 Å². The molecule has 3 rings (SSSR count). The first-order valence-corrected chi connectivity index (χ1v) is 11.1. The number of amides is 1. The van der Waals surface area contributed by atoms with E-state index in [0.717, 1.165) is 36.7 Å². The summed E-state index contributed by atoms with van der Waals surface area (Å²) in [7, 11) is 0. The molecule has 2 aliphatic heterocycles. The molecule has 2 N–H and O–H groups in total. The van der Waals surface area contributed by atoms with Gasteiger partial charge >= 0.3 is 5.69 Å². The van der Waals surface area contributed by atoms with Crippen LogP contribution in [-0.4, -0.2) is 58.3 Å². The lowest BCUT2D eigenvalue weighted by molar-refractivity contribution is -0.138. The predicted molar refractivity (Wildman–Crippen MR) is 117 cm³/mol. The number of piperidine rings is 1. The van der Waals surface area contributed by atoms with Gasteiger partial charge in [-0.2, -0.15) is 0 Å². The predicted octanol–water partition coefficient (Wildman–Crippen LogP) is 1.02. The largest absolute Gasteiger partial charge is 0.383 e. The second-order valence-electron chi connectivity index (χ2n) is 8.44. The number of anilines is 2.